The summed E-state index contributed by atoms with van der Waals surface area (Å²) in [4.78, 5) is 15.7. The van der Waals surface area contributed by atoms with Crippen molar-refractivity contribution >= 4 is 5.91 Å². The third kappa shape index (κ3) is 2.82. The zero-order valence-electron chi connectivity index (χ0n) is 10.1. The van der Waals surface area contributed by atoms with E-state index in [-0.39, 0.29) is 29.7 Å². The molecule has 94 valence electrons. The molecular weight excluding hydrogens is 220 g/mol. The van der Waals surface area contributed by atoms with E-state index in [1.54, 1.807) is 0 Å². The van der Waals surface area contributed by atoms with Crippen molar-refractivity contribution in [3.05, 3.63) is 11.7 Å². The first kappa shape index (κ1) is 12.0. The van der Waals surface area contributed by atoms with E-state index < -0.39 is 0 Å². The van der Waals surface area contributed by atoms with Gasteiger partial charge >= 0.3 is 0 Å². The van der Waals surface area contributed by atoms with Gasteiger partial charge in [0.25, 0.3) is 11.7 Å². The van der Waals surface area contributed by atoms with Gasteiger partial charge in [-0.15, -0.1) is 0 Å². The van der Waals surface area contributed by atoms with Crippen molar-refractivity contribution in [1.82, 2.24) is 15.5 Å². The van der Waals surface area contributed by atoms with Crippen LogP contribution in [0.4, 0.5) is 0 Å². The molecule has 1 fully saturated rings. The summed E-state index contributed by atoms with van der Waals surface area (Å²) in [6.45, 7) is 4.06. The summed E-state index contributed by atoms with van der Waals surface area (Å²) in [6, 6.07) is -0.0253. The molecule has 1 amide bonds. The molecule has 3 N–H and O–H groups in total. The molecule has 1 aliphatic carbocycles. The SMILES string of the molecule is CC[C@H](C)[C@H](N)c1nc(C(=O)NC2CC2)no1. The summed E-state index contributed by atoms with van der Waals surface area (Å²) in [7, 11) is 0. The van der Waals surface area contributed by atoms with E-state index in [2.05, 4.69) is 15.5 Å². The summed E-state index contributed by atoms with van der Waals surface area (Å²) in [6.07, 6.45) is 2.98. The lowest BCUT2D eigenvalue weighted by molar-refractivity contribution is 0.0937. The van der Waals surface area contributed by atoms with Gasteiger partial charge in [0.2, 0.25) is 5.89 Å². The zero-order valence-corrected chi connectivity index (χ0v) is 10.1. The fourth-order valence-electron chi connectivity index (χ4n) is 1.44. The molecule has 1 aliphatic rings. The van der Waals surface area contributed by atoms with Crippen molar-refractivity contribution in [1.29, 1.82) is 0 Å². The van der Waals surface area contributed by atoms with Crippen molar-refractivity contribution in [2.45, 2.75) is 45.2 Å². The quantitative estimate of drug-likeness (QED) is 0.798. The van der Waals surface area contributed by atoms with E-state index in [0.29, 0.717) is 5.89 Å². The summed E-state index contributed by atoms with van der Waals surface area (Å²) in [5.74, 6) is 0.375. The monoisotopic (exact) mass is 238 g/mol. The minimum Gasteiger partial charge on any atom is -0.346 e. The molecule has 17 heavy (non-hydrogen) atoms. The Labute approximate surface area is 99.9 Å². The number of hydrogen-bond donors (Lipinski definition) is 2. The first-order valence-electron chi connectivity index (χ1n) is 6.01. The van der Waals surface area contributed by atoms with E-state index >= 15 is 0 Å². The maximum absolute atomic E-state index is 11.6. The molecule has 0 spiro atoms. The molecule has 6 nitrogen and oxygen atoms in total. The van der Waals surface area contributed by atoms with E-state index in [1.807, 2.05) is 13.8 Å². The summed E-state index contributed by atoms with van der Waals surface area (Å²) in [5, 5.41) is 6.46. The van der Waals surface area contributed by atoms with Crippen LogP contribution in [0, 0.1) is 5.92 Å². The van der Waals surface area contributed by atoms with Crippen LogP contribution in [-0.2, 0) is 0 Å². The van der Waals surface area contributed by atoms with Gasteiger partial charge in [-0.1, -0.05) is 25.4 Å². The molecule has 0 radical (unpaired) electrons. The molecule has 1 aromatic rings. The van der Waals surface area contributed by atoms with E-state index in [0.717, 1.165) is 19.3 Å². The molecule has 0 bridgehead atoms. The fraction of sp³-hybridized carbons (Fsp3) is 0.727. The topological polar surface area (TPSA) is 94.0 Å². The Bertz CT molecular complexity index is 400. The number of nitrogens with zero attached hydrogens (tertiary/aromatic N) is 2. The average molecular weight is 238 g/mol. The standard InChI is InChI=1S/C11H18N4O2/c1-3-6(2)8(12)11-14-9(15-17-11)10(16)13-7-4-5-7/h6-8H,3-5,12H2,1-2H3,(H,13,16)/t6-,8-/m0/s1. The van der Waals surface area contributed by atoms with Crippen LogP contribution in [0.5, 0.6) is 0 Å². The predicted octanol–water partition coefficient (Wildman–Crippen LogP) is 1.01. The highest BCUT2D eigenvalue weighted by Crippen LogP contribution is 2.21. The van der Waals surface area contributed by atoms with Gasteiger partial charge in [0, 0.05) is 6.04 Å². The highest BCUT2D eigenvalue weighted by Gasteiger charge is 2.27. The molecule has 0 aliphatic heterocycles. The third-order valence-corrected chi connectivity index (χ3v) is 3.10. The first-order valence-corrected chi connectivity index (χ1v) is 6.01. The smallest absolute Gasteiger partial charge is 0.292 e. The normalized spacial score (nSPS) is 18.8. The largest absolute Gasteiger partial charge is 0.346 e. The second-order valence-corrected chi connectivity index (χ2v) is 4.62. The van der Waals surface area contributed by atoms with Crippen LogP contribution in [0.15, 0.2) is 4.52 Å². The van der Waals surface area contributed by atoms with Gasteiger partial charge in [-0.2, -0.15) is 4.98 Å². The second kappa shape index (κ2) is 4.83. The molecular formula is C11H18N4O2. The Hall–Kier alpha value is -1.43. The van der Waals surface area contributed by atoms with Crippen LogP contribution < -0.4 is 11.1 Å². The lowest BCUT2D eigenvalue weighted by Crippen LogP contribution is -2.26. The Morgan fingerprint density at radius 1 is 1.65 bits per heavy atom. The van der Waals surface area contributed by atoms with E-state index in [9.17, 15) is 4.79 Å². The average Bonchev–Trinajstić information content (AvgIpc) is 2.99. The molecule has 1 saturated carbocycles. The molecule has 1 heterocycles. The van der Waals surface area contributed by atoms with Crippen LogP contribution in [0.1, 0.15) is 55.7 Å². The maximum Gasteiger partial charge on any atom is 0.292 e. The van der Waals surface area contributed by atoms with Crippen molar-refractivity contribution in [3.63, 3.8) is 0 Å². The van der Waals surface area contributed by atoms with Crippen LogP contribution in [0.2, 0.25) is 0 Å². The minimum atomic E-state index is -0.310. The number of carbonyl (C=O) groups excluding carboxylic acids is 1. The fourth-order valence-corrected chi connectivity index (χ4v) is 1.44. The van der Waals surface area contributed by atoms with Crippen LogP contribution in [-0.4, -0.2) is 22.1 Å². The molecule has 1 aromatic heterocycles. The van der Waals surface area contributed by atoms with Crippen LogP contribution in [0.25, 0.3) is 0 Å². The number of nitrogens with two attached hydrogens (primary N) is 1. The Morgan fingerprint density at radius 3 is 2.94 bits per heavy atom. The lowest BCUT2D eigenvalue weighted by Gasteiger charge is -2.12. The van der Waals surface area contributed by atoms with Crippen molar-refractivity contribution in [2.75, 3.05) is 0 Å². The van der Waals surface area contributed by atoms with Crippen molar-refractivity contribution in [3.8, 4) is 0 Å². The van der Waals surface area contributed by atoms with Gasteiger partial charge in [0.15, 0.2) is 0 Å². The van der Waals surface area contributed by atoms with Gasteiger partial charge in [-0.3, -0.25) is 4.79 Å². The van der Waals surface area contributed by atoms with Gasteiger partial charge in [0.1, 0.15) is 0 Å². The number of rotatable bonds is 5. The Morgan fingerprint density at radius 2 is 2.35 bits per heavy atom. The van der Waals surface area contributed by atoms with Gasteiger partial charge < -0.3 is 15.6 Å². The minimum absolute atomic E-state index is 0.0747. The predicted molar refractivity (Wildman–Crippen MR) is 61.2 cm³/mol. The maximum atomic E-state index is 11.6. The highest BCUT2D eigenvalue weighted by molar-refractivity contribution is 5.90. The summed E-state index contributed by atoms with van der Waals surface area (Å²) in [5.41, 5.74) is 5.95. The molecule has 0 aromatic carbocycles. The van der Waals surface area contributed by atoms with E-state index in [4.69, 9.17) is 10.3 Å². The molecule has 0 saturated heterocycles. The lowest BCUT2D eigenvalue weighted by atomic mass is 10.0. The number of amides is 1. The summed E-state index contributed by atoms with van der Waals surface area (Å²) >= 11 is 0. The number of aromatic nitrogens is 2. The Balaban J connectivity index is 2.01. The molecule has 2 rings (SSSR count). The van der Waals surface area contributed by atoms with Crippen molar-refractivity contribution < 1.29 is 9.32 Å². The van der Waals surface area contributed by atoms with Crippen LogP contribution in [0.3, 0.4) is 0 Å². The zero-order chi connectivity index (χ0) is 12.4. The second-order valence-electron chi connectivity index (χ2n) is 4.62. The molecule has 0 unspecified atom stereocenters. The first-order chi connectivity index (χ1) is 8.11. The number of nitrogens with one attached hydrogen (secondary N) is 1. The van der Waals surface area contributed by atoms with Gasteiger partial charge in [-0.25, -0.2) is 0 Å². The summed E-state index contributed by atoms with van der Waals surface area (Å²) < 4.78 is 5.03. The molecule has 6 heteroatoms. The molecule has 2 atom stereocenters. The Kier molecular flexibility index (Phi) is 3.42. The highest BCUT2D eigenvalue weighted by atomic mass is 16.5. The number of carbonyl (C=O) groups is 1. The van der Waals surface area contributed by atoms with Gasteiger partial charge in [-0.05, 0) is 18.8 Å². The van der Waals surface area contributed by atoms with Gasteiger partial charge in [0.05, 0.1) is 6.04 Å². The van der Waals surface area contributed by atoms with Crippen molar-refractivity contribution in [2.24, 2.45) is 11.7 Å². The van der Waals surface area contributed by atoms with Crippen LogP contribution >= 0.6 is 0 Å². The third-order valence-electron chi connectivity index (χ3n) is 3.10. The number of hydrogen-bond acceptors (Lipinski definition) is 5. The van der Waals surface area contributed by atoms with E-state index in [1.165, 1.54) is 0 Å².